The molecule has 2 unspecified atom stereocenters. The van der Waals surface area contributed by atoms with E-state index in [9.17, 15) is 9.18 Å². The average molecular weight is 300 g/mol. The summed E-state index contributed by atoms with van der Waals surface area (Å²) >= 11 is 1.44. The van der Waals surface area contributed by atoms with Gasteiger partial charge in [0.2, 0.25) is 0 Å². The van der Waals surface area contributed by atoms with Gasteiger partial charge in [0.05, 0.1) is 4.91 Å². The van der Waals surface area contributed by atoms with E-state index >= 15 is 0 Å². The first-order chi connectivity index (χ1) is 9.24. The summed E-state index contributed by atoms with van der Waals surface area (Å²) in [6, 6.07) is 0. The molecular weight excluding hydrogens is 271 g/mol. The minimum Gasteiger partial charge on any atom is -0.294 e. The van der Waals surface area contributed by atoms with E-state index in [-0.39, 0.29) is 5.78 Å². The van der Waals surface area contributed by atoms with Crippen LogP contribution in [-0.2, 0) is 4.79 Å². The second-order valence-corrected chi connectivity index (χ2v) is 6.70. The zero-order chi connectivity index (χ0) is 15.9. The molecule has 0 aromatic heterocycles. The standard InChI is InChI=1S/C17H29FOS/c1-8-11-12(4)20-16(15(19)9-2)13(5)17(7,10-3)14(6)18/h14H,4,8-11H2,1-3,5-7H3/b16-13-. The van der Waals surface area contributed by atoms with E-state index in [1.807, 2.05) is 27.7 Å². The van der Waals surface area contributed by atoms with Crippen LogP contribution in [0, 0.1) is 5.41 Å². The number of carbonyl (C=O) groups is 1. The molecule has 0 bridgehead atoms. The Hall–Kier alpha value is -0.570. The molecule has 0 amide bonds. The third kappa shape index (κ3) is 4.76. The second-order valence-electron chi connectivity index (χ2n) is 5.51. The minimum atomic E-state index is -0.979. The minimum absolute atomic E-state index is 0.0880. The Morgan fingerprint density at radius 2 is 1.90 bits per heavy atom. The maximum Gasteiger partial charge on any atom is 0.169 e. The number of thioether (sulfide) groups is 1. The molecule has 0 aliphatic carbocycles. The Bertz CT molecular complexity index is 384. The average Bonchev–Trinajstić information content (AvgIpc) is 2.42. The van der Waals surface area contributed by atoms with Gasteiger partial charge in [-0.3, -0.25) is 4.79 Å². The molecule has 0 heterocycles. The van der Waals surface area contributed by atoms with Gasteiger partial charge in [-0.25, -0.2) is 4.39 Å². The highest BCUT2D eigenvalue weighted by atomic mass is 32.2. The monoisotopic (exact) mass is 300 g/mol. The lowest BCUT2D eigenvalue weighted by Gasteiger charge is -2.33. The largest absolute Gasteiger partial charge is 0.294 e. The van der Waals surface area contributed by atoms with Crippen LogP contribution in [0.4, 0.5) is 4.39 Å². The Morgan fingerprint density at radius 1 is 1.35 bits per heavy atom. The van der Waals surface area contributed by atoms with Crippen LogP contribution in [-0.4, -0.2) is 12.0 Å². The molecule has 0 saturated heterocycles. The van der Waals surface area contributed by atoms with E-state index in [1.54, 1.807) is 6.92 Å². The maximum atomic E-state index is 14.0. The Balaban J connectivity index is 5.63. The normalized spacial score (nSPS) is 17.1. The number of carbonyl (C=O) groups excluding carboxylic acids is 1. The van der Waals surface area contributed by atoms with Crippen LogP contribution < -0.4 is 0 Å². The summed E-state index contributed by atoms with van der Waals surface area (Å²) in [4.78, 5) is 13.9. The molecule has 0 saturated carbocycles. The summed E-state index contributed by atoms with van der Waals surface area (Å²) in [6.45, 7) is 15.3. The summed E-state index contributed by atoms with van der Waals surface area (Å²) in [7, 11) is 0. The van der Waals surface area contributed by atoms with Gasteiger partial charge < -0.3 is 0 Å². The predicted octanol–water partition coefficient (Wildman–Crippen LogP) is 6.06. The van der Waals surface area contributed by atoms with Crippen molar-refractivity contribution in [3.63, 3.8) is 0 Å². The highest BCUT2D eigenvalue weighted by molar-refractivity contribution is 8.07. The van der Waals surface area contributed by atoms with E-state index in [1.165, 1.54) is 11.8 Å². The molecule has 0 fully saturated rings. The second kappa shape index (κ2) is 8.66. The Kier molecular flexibility index (Phi) is 8.41. The Morgan fingerprint density at radius 3 is 2.25 bits per heavy atom. The maximum absolute atomic E-state index is 14.0. The third-order valence-corrected chi connectivity index (χ3v) is 5.39. The highest BCUT2D eigenvalue weighted by Gasteiger charge is 2.34. The van der Waals surface area contributed by atoms with Gasteiger partial charge in [0.1, 0.15) is 6.17 Å². The number of hydrogen-bond donors (Lipinski definition) is 0. The lowest BCUT2D eigenvalue weighted by Crippen LogP contribution is -2.29. The van der Waals surface area contributed by atoms with Gasteiger partial charge in [-0.1, -0.05) is 52.5 Å². The number of ketones is 1. The zero-order valence-corrected chi connectivity index (χ0v) is 14.6. The molecule has 0 spiro atoms. The van der Waals surface area contributed by atoms with E-state index in [0.29, 0.717) is 17.7 Å². The highest BCUT2D eigenvalue weighted by Crippen LogP contribution is 2.42. The van der Waals surface area contributed by atoms with E-state index in [2.05, 4.69) is 13.5 Å². The third-order valence-electron chi connectivity index (χ3n) is 4.16. The number of Topliss-reactive ketones (excluding diaryl/α,β-unsaturated/α-hetero) is 1. The van der Waals surface area contributed by atoms with E-state index in [0.717, 1.165) is 23.3 Å². The van der Waals surface area contributed by atoms with Gasteiger partial charge >= 0.3 is 0 Å². The summed E-state index contributed by atoms with van der Waals surface area (Å²) < 4.78 is 14.0. The Labute approximate surface area is 128 Å². The molecule has 0 aromatic carbocycles. The fourth-order valence-corrected chi connectivity index (χ4v) is 3.32. The summed E-state index contributed by atoms with van der Waals surface area (Å²) in [5.41, 5.74) is 0.281. The van der Waals surface area contributed by atoms with Crippen molar-refractivity contribution in [1.29, 1.82) is 0 Å². The summed E-state index contributed by atoms with van der Waals surface area (Å²) in [6.07, 6.45) is 2.03. The zero-order valence-electron chi connectivity index (χ0n) is 13.8. The first-order valence-electron chi connectivity index (χ1n) is 7.48. The molecule has 0 radical (unpaired) electrons. The van der Waals surface area contributed by atoms with Crippen molar-refractivity contribution in [3.8, 4) is 0 Å². The van der Waals surface area contributed by atoms with Crippen LogP contribution in [0.15, 0.2) is 22.0 Å². The number of rotatable bonds is 9. The van der Waals surface area contributed by atoms with Gasteiger partial charge in [0, 0.05) is 11.8 Å². The van der Waals surface area contributed by atoms with Crippen LogP contribution in [0.2, 0.25) is 0 Å². The van der Waals surface area contributed by atoms with Crippen LogP contribution in [0.5, 0.6) is 0 Å². The molecule has 0 aromatic rings. The van der Waals surface area contributed by atoms with Crippen molar-refractivity contribution in [2.24, 2.45) is 5.41 Å². The van der Waals surface area contributed by atoms with E-state index in [4.69, 9.17) is 0 Å². The molecular formula is C17H29FOS. The predicted molar refractivity (Wildman–Crippen MR) is 88.6 cm³/mol. The molecule has 20 heavy (non-hydrogen) atoms. The molecule has 0 aliphatic heterocycles. The molecule has 1 nitrogen and oxygen atoms in total. The van der Waals surface area contributed by atoms with Gasteiger partial charge in [-0.15, -0.1) is 0 Å². The smallest absolute Gasteiger partial charge is 0.169 e. The fourth-order valence-electron chi connectivity index (χ4n) is 2.08. The number of allylic oxidation sites excluding steroid dienone is 3. The van der Waals surface area contributed by atoms with Crippen molar-refractivity contribution in [2.75, 3.05) is 0 Å². The number of hydrogen-bond acceptors (Lipinski definition) is 2. The first kappa shape index (κ1) is 19.4. The molecule has 0 aliphatic rings. The van der Waals surface area contributed by atoms with Crippen LogP contribution in [0.1, 0.15) is 67.2 Å². The number of alkyl halides is 1. The molecule has 3 heteroatoms. The van der Waals surface area contributed by atoms with Crippen LogP contribution in [0.25, 0.3) is 0 Å². The summed E-state index contributed by atoms with van der Waals surface area (Å²) in [5.74, 6) is 0.0880. The summed E-state index contributed by atoms with van der Waals surface area (Å²) in [5, 5.41) is 0. The topological polar surface area (TPSA) is 17.1 Å². The van der Waals surface area contributed by atoms with Gasteiger partial charge in [0.25, 0.3) is 0 Å². The SMILES string of the molecule is C=C(CCC)S/C(C(=O)CC)=C(/C)C(C)(CC)C(C)F. The lowest BCUT2D eigenvalue weighted by atomic mass is 9.76. The molecule has 0 rings (SSSR count). The lowest BCUT2D eigenvalue weighted by molar-refractivity contribution is -0.114. The van der Waals surface area contributed by atoms with Crippen molar-refractivity contribution in [2.45, 2.75) is 73.4 Å². The van der Waals surface area contributed by atoms with Crippen molar-refractivity contribution < 1.29 is 9.18 Å². The quantitative estimate of drug-likeness (QED) is 0.481. The van der Waals surface area contributed by atoms with E-state index < -0.39 is 11.6 Å². The van der Waals surface area contributed by atoms with Gasteiger partial charge in [0.15, 0.2) is 5.78 Å². The van der Waals surface area contributed by atoms with Crippen molar-refractivity contribution >= 4 is 17.5 Å². The van der Waals surface area contributed by atoms with Gasteiger partial charge in [-0.2, -0.15) is 0 Å². The number of halogens is 1. The fraction of sp³-hybridized carbons (Fsp3) is 0.706. The van der Waals surface area contributed by atoms with Crippen molar-refractivity contribution in [1.82, 2.24) is 0 Å². The molecule has 116 valence electrons. The van der Waals surface area contributed by atoms with Gasteiger partial charge in [-0.05, 0) is 37.2 Å². The van der Waals surface area contributed by atoms with Crippen LogP contribution >= 0.6 is 11.8 Å². The molecule has 2 atom stereocenters. The van der Waals surface area contributed by atoms with Crippen molar-refractivity contribution in [3.05, 3.63) is 22.0 Å². The molecule has 0 N–H and O–H groups in total. The first-order valence-corrected chi connectivity index (χ1v) is 8.30. The van der Waals surface area contributed by atoms with Crippen LogP contribution in [0.3, 0.4) is 0 Å².